The molecule has 0 spiro atoms. The number of nitrogens with zero attached hydrogens (tertiary/aromatic N) is 2. The first kappa shape index (κ1) is 23.5. The van der Waals surface area contributed by atoms with E-state index in [2.05, 4.69) is 0 Å². The van der Waals surface area contributed by atoms with Gasteiger partial charge in [0, 0.05) is 16.5 Å². The van der Waals surface area contributed by atoms with Gasteiger partial charge in [0.1, 0.15) is 11.0 Å². The second-order valence-electron chi connectivity index (χ2n) is 10.4. The van der Waals surface area contributed by atoms with Gasteiger partial charge in [-0.1, -0.05) is 45.0 Å². The normalized spacial score (nSPS) is 25.0. The molecule has 1 aromatic heterocycles. The second kappa shape index (κ2) is 7.88. The molecule has 0 N–H and O–H groups in total. The summed E-state index contributed by atoms with van der Waals surface area (Å²) in [6, 6.07) is 6.54. The van der Waals surface area contributed by atoms with Gasteiger partial charge in [-0.25, -0.2) is 9.69 Å². The molecule has 0 saturated carbocycles. The van der Waals surface area contributed by atoms with Gasteiger partial charge in [-0.2, -0.15) is 0 Å². The Kier molecular flexibility index (Phi) is 5.29. The number of carbonyl (C=O) groups is 4. The Morgan fingerprint density at radius 1 is 1.03 bits per heavy atom. The lowest BCUT2D eigenvalue weighted by Gasteiger charge is -2.37. The Morgan fingerprint density at radius 3 is 2.34 bits per heavy atom. The minimum Gasteiger partial charge on any atom is -0.465 e. The predicted octanol–water partition coefficient (Wildman–Crippen LogP) is 4.28. The highest BCUT2D eigenvalue weighted by Crippen LogP contribution is 2.55. The first-order valence-corrected chi connectivity index (χ1v) is 12.5. The van der Waals surface area contributed by atoms with Gasteiger partial charge in [0.15, 0.2) is 5.78 Å². The molecule has 35 heavy (non-hydrogen) atoms. The average Bonchev–Trinajstić information content (AvgIpc) is 3.40. The zero-order valence-corrected chi connectivity index (χ0v) is 21.4. The van der Waals surface area contributed by atoms with Crippen molar-refractivity contribution in [3.05, 3.63) is 57.6 Å². The highest BCUT2D eigenvalue weighted by atomic mass is 32.1. The molecule has 2 fully saturated rings. The molecule has 4 atom stereocenters. The molecule has 5 rings (SSSR count). The second-order valence-corrected chi connectivity index (χ2v) is 11.6. The number of hydrogen-bond donors (Lipinski definition) is 0. The summed E-state index contributed by atoms with van der Waals surface area (Å²) in [5, 5.41) is 0.282. The van der Waals surface area contributed by atoms with E-state index in [4.69, 9.17) is 4.74 Å². The fraction of sp³-hybridized carbons (Fsp3) is 0.407. The van der Waals surface area contributed by atoms with Gasteiger partial charge in [0.05, 0.1) is 30.6 Å². The molecule has 1 aromatic carbocycles. The third-order valence-electron chi connectivity index (χ3n) is 7.43. The molecule has 2 saturated heterocycles. The number of amides is 2. The van der Waals surface area contributed by atoms with Crippen molar-refractivity contribution in [2.75, 3.05) is 12.0 Å². The van der Waals surface area contributed by atoms with Crippen LogP contribution in [0, 0.1) is 31.1 Å². The molecule has 0 aliphatic carbocycles. The number of esters is 1. The van der Waals surface area contributed by atoms with Crippen molar-refractivity contribution >= 4 is 46.0 Å². The summed E-state index contributed by atoms with van der Waals surface area (Å²) >= 11 is 1.23. The molecule has 182 valence electrons. The number of thiophene rings is 1. The van der Waals surface area contributed by atoms with Crippen LogP contribution in [0.4, 0.5) is 5.00 Å². The van der Waals surface area contributed by atoms with Crippen molar-refractivity contribution < 1.29 is 23.9 Å². The van der Waals surface area contributed by atoms with Crippen LogP contribution in [0.15, 0.2) is 30.5 Å². The Hall–Kier alpha value is -3.26. The van der Waals surface area contributed by atoms with Crippen LogP contribution < -0.4 is 4.90 Å². The van der Waals surface area contributed by atoms with Gasteiger partial charge >= 0.3 is 5.97 Å². The van der Waals surface area contributed by atoms with Gasteiger partial charge in [-0.3, -0.25) is 14.4 Å². The number of Topliss-reactive ketones (excluding diaryl/α,β-unsaturated/α-hetero) is 1. The average molecular weight is 493 g/mol. The lowest BCUT2D eigenvalue weighted by atomic mass is 9.79. The van der Waals surface area contributed by atoms with Gasteiger partial charge in [-0.05, 0) is 36.6 Å². The molecule has 3 aliphatic heterocycles. The van der Waals surface area contributed by atoms with Gasteiger partial charge in [-0.15, -0.1) is 11.3 Å². The summed E-state index contributed by atoms with van der Waals surface area (Å²) in [6.45, 7) is 9.12. The quantitative estimate of drug-likeness (QED) is 0.470. The van der Waals surface area contributed by atoms with Crippen LogP contribution in [-0.4, -0.2) is 41.6 Å². The van der Waals surface area contributed by atoms with Crippen molar-refractivity contribution in [1.82, 2.24) is 4.90 Å². The van der Waals surface area contributed by atoms with Crippen molar-refractivity contribution in [2.45, 2.75) is 46.7 Å². The van der Waals surface area contributed by atoms with E-state index < -0.39 is 41.2 Å². The molecule has 3 aliphatic rings. The maximum atomic E-state index is 14.1. The minimum absolute atomic E-state index is 0.0891. The maximum Gasteiger partial charge on any atom is 0.341 e. The topological polar surface area (TPSA) is 84.0 Å². The van der Waals surface area contributed by atoms with Crippen molar-refractivity contribution in [2.24, 2.45) is 17.3 Å². The van der Waals surface area contributed by atoms with Crippen molar-refractivity contribution in [1.29, 1.82) is 0 Å². The Bertz CT molecular complexity index is 1320. The molecular weight excluding hydrogens is 464 g/mol. The van der Waals surface area contributed by atoms with E-state index in [1.807, 2.05) is 69.1 Å². The number of benzene rings is 1. The Balaban J connectivity index is 1.69. The third kappa shape index (κ3) is 3.22. The molecule has 8 heteroatoms. The summed E-state index contributed by atoms with van der Waals surface area (Å²) in [5.41, 5.74) is 2.09. The largest absolute Gasteiger partial charge is 0.465 e. The monoisotopic (exact) mass is 492 g/mol. The van der Waals surface area contributed by atoms with Crippen LogP contribution in [0.2, 0.25) is 0 Å². The molecule has 0 bridgehead atoms. The van der Waals surface area contributed by atoms with Gasteiger partial charge < -0.3 is 9.64 Å². The van der Waals surface area contributed by atoms with Crippen molar-refractivity contribution in [3.8, 4) is 0 Å². The number of ketones is 1. The predicted molar refractivity (Wildman–Crippen MR) is 133 cm³/mol. The number of ether oxygens (including phenoxy) is 1. The number of hydrogen-bond acceptors (Lipinski definition) is 7. The third-order valence-corrected chi connectivity index (χ3v) is 8.62. The first-order valence-electron chi connectivity index (χ1n) is 11.6. The summed E-state index contributed by atoms with van der Waals surface area (Å²) in [4.78, 5) is 58.3. The highest BCUT2D eigenvalue weighted by molar-refractivity contribution is 7.17. The lowest BCUT2D eigenvalue weighted by molar-refractivity contribution is -0.135. The fourth-order valence-electron chi connectivity index (χ4n) is 5.61. The van der Waals surface area contributed by atoms with E-state index in [0.29, 0.717) is 5.56 Å². The molecule has 4 unspecified atom stereocenters. The van der Waals surface area contributed by atoms with E-state index in [-0.39, 0.29) is 22.3 Å². The zero-order chi connectivity index (χ0) is 25.4. The van der Waals surface area contributed by atoms with Crippen LogP contribution in [0.1, 0.15) is 58.7 Å². The number of imide groups is 1. The van der Waals surface area contributed by atoms with Gasteiger partial charge in [0.25, 0.3) is 0 Å². The summed E-state index contributed by atoms with van der Waals surface area (Å²) in [6.07, 6.45) is 3.79. The van der Waals surface area contributed by atoms with E-state index >= 15 is 0 Å². The molecule has 4 heterocycles. The van der Waals surface area contributed by atoms with Crippen LogP contribution in [-0.2, 0) is 19.1 Å². The number of carbonyl (C=O) groups excluding carboxylic acids is 4. The van der Waals surface area contributed by atoms with E-state index in [1.54, 1.807) is 6.92 Å². The Labute approximate surface area is 208 Å². The van der Waals surface area contributed by atoms with Crippen LogP contribution >= 0.6 is 11.3 Å². The molecular formula is C27H28N2O5S. The highest BCUT2D eigenvalue weighted by Gasteiger charge is 2.65. The number of methoxy groups -OCH3 is 1. The van der Waals surface area contributed by atoms with Crippen LogP contribution in [0.25, 0.3) is 6.08 Å². The first-order chi connectivity index (χ1) is 16.5. The van der Waals surface area contributed by atoms with E-state index in [0.717, 1.165) is 20.9 Å². The van der Waals surface area contributed by atoms with E-state index in [1.165, 1.54) is 18.4 Å². The number of fused-ring (bicyclic) bond motifs is 5. The summed E-state index contributed by atoms with van der Waals surface area (Å²) in [7, 11) is 1.28. The SMILES string of the molecule is COC(=O)c1c(N2C(=O)C3C(C2=O)C2c4ccccc4C=CN2C3C(=O)C(C)(C)C)sc(C)c1C. The number of rotatable bonds is 3. The van der Waals surface area contributed by atoms with E-state index in [9.17, 15) is 19.2 Å². The Morgan fingerprint density at radius 2 is 1.69 bits per heavy atom. The smallest absolute Gasteiger partial charge is 0.341 e. The molecule has 7 nitrogen and oxygen atoms in total. The molecule has 2 aromatic rings. The number of aryl methyl sites for hydroxylation is 1. The van der Waals surface area contributed by atoms with Crippen molar-refractivity contribution in [3.63, 3.8) is 0 Å². The van der Waals surface area contributed by atoms with Crippen LogP contribution in [0.3, 0.4) is 0 Å². The maximum absolute atomic E-state index is 14.1. The lowest BCUT2D eigenvalue weighted by Crippen LogP contribution is -2.47. The standard InChI is InChI=1S/C27H28N2O5S/c1-13-14(2)35-25(17(13)26(33)34-6)29-23(31)18-19(24(29)32)21(22(30)27(3,4)5)28-12-11-15-9-7-8-10-16(15)20(18)28/h7-12,18-21H,1-6H3. The number of anilines is 1. The molecule has 0 radical (unpaired) electrons. The van der Waals surface area contributed by atoms with Gasteiger partial charge in [0.2, 0.25) is 11.8 Å². The zero-order valence-electron chi connectivity index (χ0n) is 20.6. The van der Waals surface area contributed by atoms with Crippen LogP contribution in [0.5, 0.6) is 0 Å². The summed E-state index contributed by atoms with van der Waals surface area (Å²) < 4.78 is 4.98. The fourth-order valence-corrected chi connectivity index (χ4v) is 6.76. The summed E-state index contributed by atoms with van der Waals surface area (Å²) in [5.74, 6) is -3.07. The minimum atomic E-state index is -0.844. The molecule has 2 amide bonds.